The summed E-state index contributed by atoms with van der Waals surface area (Å²) < 4.78 is 5.74. The van der Waals surface area contributed by atoms with Gasteiger partial charge < -0.3 is 10.1 Å². The zero-order chi connectivity index (χ0) is 20.5. The fraction of sp³-hybridized carbons (Fsp3) is 0.174. The second-order valence-corrected chi connectivity index (χ2v) is 8.29. The van der Waals surface area contributed by atoms with Gasteiger partial charge >= 0.3 is 0 Å². The van der Waals surface area contributed by atoms with E-state index in [4.69, 9.17) is 27.9 Å². The maximum absolute atomic E-state index is 12.3. The summed E-state index contributed by atoms with van der Waals surface area (Å²) in [6.07, 6.45) is 0. The van der Waals surface area contributed by atoms with Gasteiger partial charge in [-0.05, 0) is 48.0 Å². The van der Waals surface area contributed by atoms with Gasteiger partial charge in [-0.2, -0.15) is 11.8 Å². The lowest BCUT2D eigenvalue weighted by Crippen LogP contribution is -2.25. The fourth-order valence-electron chi connectivity index (χ4n) is 2.63. The molecule has 0 saturated carbocycles. The average Bonchev–Trinajstić information content (AvgIpc) is 2.73. The molecule has 0 saturated heterocycles. The molecule has 3 rings (SSSR count). The molecule has 0 aliphatic carbocycles. The number of hydrogen-bond acceptors (Lipinski definition) is 3. The van der Waals surface area contributed by atoms with Gasteiger partial charge in [0.1, 0.15) is 12.4 Å². The molecule has 150 valence electrons. The van der Waals surface area contributed by atoms with Gasteiger partial charge in [0.2, 0.25) is 0 Å². The van der Waals surface area contributed by atoms with Crippen molar-refractivity contribution in [2.45, 2.75) is 12.4 Å². The molecule has 0 aliphatic heterocycles. The van der Waals surface area contributed by atoms with Crippen LogP contribution in [0.2, 0.25) is 10.0 Å². The van der Waals surface area contributed by atoms with Gasteiger partial charge in [-0.3, -0.25) is 4.79 Å². The van der Waals surface area contributed by atoms with E-state index in [1.54, 1.807) is 36.0 Å². The molecule has 29 heavy (non-hydrogen) atoms. The summed E-state index contributed by atoms with van der Waals surface area (Å²) >= 11 is 13.9. The molecule has 0 aromatic heterocycles. The SMILES string of the molecule is O=C(NCCSCc1cccc(Cl)c1)c1ccc(OCc2ccccc2Cl)cc1. The topological polar surface area (TPSA) is 38.3 Å². The summed E-state index contributed by atoms with van der Waals surface area (Å²) in [6, 6.07) is 22.5. The van der Waals surface area contributed by atoms with Crippen LogP contribution in [0, 0.1) is 0 Å². The van der Waals surface area contributed by atoms with Crippen LogP contribution in [0.4, 0.5) is 0 Å². The molecule has 0 spiro atoms. The quantitative estimate of drug-likeness (QED) is 0.396. The number of rotatable bonds is 9. The number of amides is 1. The Morgan fingerprint density at radius 3 is 2.52 bits per heavy atom. The molecule has 3 aromatic carbocycles. The molecule has 0 unspecified atom stereocenters. The van der Waals surface area contributed by atoms with Gasteiger partial charge in [0.15, 0.2) is 0 Å². The van der Waals surface area contributed by atoms with Crippen molar-refractivity contribution in [2.24, 2.45) is 0 Å². The molecule has 0 heterocycles. The number of halogens is 2. The van der Waals surface area contributed by atoms with Crippen molar-refractivity contribution in [1.29, 1.82) is 0 Å². The van der Waals surface area contributed by atoms with Crippen molar-refractivity contribution in [2.75, 3.05) is 12.3 Å². The second-order valence-electron chi connectivity index (χ2n) is 6.34. The minimum absolute atomic E-state index is 0.0917. The summed E-state index contributed by atoms with van der Waals surface area (Å²) in [6.45, 7) is 0.990. The minimum Gasteiger partial charge on any atom is -0.489 e. The number of thioether (sulfide) groups is 1. The first-order valence-electron chi connectivity index (χ1n) is 9.18. The maximum atomic E-state index is 12.3. The number of carbonyl (C=O) groups is 1. The lowest BCUT2D eigenvalue weighted by atomic mass is 10.2. The van der Waals surface area contributed by atoms with Crippen molar-refractivity contribution in [3.63, 3.8) is 0 Å². The molecule has 0 atom stereocenters. The van der Waals surface area contributed by atoms with Crippen molar-refractivity contribution in [3.05, 3.63) is 99.5 Å². The first kappa shape index (κ1) is 21.6. The van der Waals surface area contributed by atoms with Crippen LogP contribution in [-0.4, -0.2) is 18.2 Å². The number of ether oxygens (including phenoxy) is 1. The van der Waals surface area contributed by atoms with E-state index in [1.807, 2.05) is 48.5 Å². The normalized spacial score (nSPS) is 10.6. The molecule has 0 bridgehead atoms. The fourth-order valence-corrected chi connectivity index (χ4v) is 3.84. The Balaban J connectivity index is 1.39. The lowest BCUT2D eigenvalue weighted by molar-refractivity contribution is 0.0956. The van der Waals surface area contributed by atoms with Crippen LogP contribution in [0.1, 0.15) is 21.5 Å². The Morgan fingerprint density at radius 1 is 0.966 bits per heavy atom. The third-order valence-corrected chi connectivity index (χ3v) is 5.79. The lowest BCUT2D eigenvalue weighted by Gasteiger charge is -2.09. The summed E-state index contributed by atoms with van der Waals surface area (Å²) in [7, 11) is 0. The van der Waals surface area contributed by atoms with E-state index in [9.17, 15) is 4.79 Å². The van der Waals surface area contributed by atoms with E-state index in [2.05, 4.69) is 5.32 Å². The highest BCUT2D eigenvalue weighted by Gasteiger charge is 2.06. The maximum Gasteiger partial charge on any atom is 0.251 e. The van der Waals surface area contributed by atoms with E-state index in [1.165, 1.54) is 5.56 Å². The van der Waals surface area contributed by atoms with Crippen molar-refractivity contribution in [3.8, 4) is 5.75 Å². The van der Waals surface area contributed by atoms with Gasteiger partial charge in [0, 0.05) is 39.2 Å². The van der Waals surface area contributed by atoms with E-state index < -0.39 is 0 Å². The smallest absolute Gasteiger partial charge is 0.251 e. The van der Waals surface area contributed by atoms with Crippen LogP contribution in [-0.2, 0) is 12.4 Å². The van der Waals surface area contributed by atoms with Crippen LogP contribution >= 0.6 is 35.0 Å². The zero-order valence-corrected chi connectivity index (χ0v) is 18.1. The van der Waals surface area contributed by atoms with Crippen molar-refractivity contribution in [1.82, 2.24) is 5.32 Å². The predicted octanol–water partition coefficient (Wildman–Crippen LogP) is 6.24. The Morgan fingerprint density at radius 2 is 1.76 bits per heavy atom. The average molecular weight is 446 g/mol. The molecule has 3 nitrogen and oxygen atoms in total. The Kier molecular flexibility index (Phi) is 8.29. The summed E-state index contributed by atoms with van der Waals surface area (Å²) in [5, 5.41) is 4.36. The van der Waals surface area contributed by atoms with Gasteiger partial charge in [0.05, 0.1) is 0 Å². The Labute approximate surface area is 185 Å². The van der Waals surface area contributed by atoms with Gasteiger partial charge in [0.25, 0.3) is 5.91 Å². The molecule has 0 aliphatic rings. The zero-order valence-electron chi connectivity index (χ0n) is 15.7. The highest BCUT2D eigenvalue weighted by molar-refractivity contribution is 7.98. The summed E-state index contributed by atoms with van der Waals surface area (Å²) in [4.78, 5) is 12.3. The number of benzene rings is 3. The van der Waals surface area contributed by atoms with Gasteiger partial charge in [-0.15, -0.1) is 0 Å². The van der Waals surface area contributed by atoms with E-state index in [-0.39, 0.29) is 5.91 Å². The molecule has 6 heteroatoms. The third-order valence-electron chi connectivity index (χ3n) is 4.16. The molecule has 1 N–H and O–H groups in total. The van der Waals surface area contributed by atoms with Crippen molar-refractivity contribution >= 4 is 40.9 Å². The predicted molar refractivity (Wildman–Crippen MR) is 122 cm³/mol. The summed E-state index contributed by atoms with van der Waals surface area (Å²) in [5.74, 6) is 2.30. The second kappa shape index (κ2) is 11.1. The third kappa shape index (κ3) is 7.00. The Bertz CT molecular complexity index is 948. The van der Waals surface area contributed by atoms with Crippen LogP contribution in [0.25, 0.3) is 0 Å². The van der Waals surface area contributed by atoms with Crippen LogP contribution in [0.15, 0.2) is 72.8 Å². The molecule has 0 fully saturated rings. The molecular formula is C23H21Cl2NO2S. The standard InChI is InChI=1S/C23H21Cl2NO2S/c24-20-6-3-4-17(14-20)16-29-13-12-26-23(27)18-8-10-21(11-9-18)28-15-19-5-1-2-7-22(19)25/h1-11,14H,12-13,15-16H2,(H,26,27). The summed E-state index contributed by atoms with van der Waals surface area (Å²) in [5.41, 5.74) is 2.71. The van der Waals surface area contributed by atoms with E-state index in [0.717, 1.165) is 22.1 Å². The van der Waals surface area contributed by atoms with Crippen LogP contribution < -0.4 is 10.1 Å². The minimum atomic E-state index is -0.0917. The monoisotopic (exact) mass is 445 g/mol. The van der Waals surface area contributed by atoms with E-state index >= 15 is 0 Å². The van der Waals surface area contributed by atoms with Crippen molar-refractivity contribution < 1.29 is 9.53 Å². The molecule has 1 amide bonds. The van der Waals surface area contributed by atoms with Gasteiger partial charge in [-0.1, -0.05) is 53.5 Å². The Hall–Kier alpha value is -2.14. The van der Waals surface area contributed by atoms with Gasteiger partial charge in [-0.25, -0.2) is 0 Å². The van der Waals surface area contributed by atoms with Crippen LogP contribution in [0.3, 0.4) is 0 Å². The van der Waals surface area contributed by atoms with Crippen LogP contribution in [0.5, 0.6) is 5.75 Å². The highest BCUT2D eigenvalue weighted by Crippen LogP contribution is 2.19. The number of carbonyl (C=O) groups excluding carboxylic acids is 1. The molecular weight excluding hydrogens is 425 g/mol. The first-order valence-corrected chi connectivity index (χ1v) is 11.1. The largest absolute Gasteiger partial charge is 0.489 e. The first-order chi connectivity index (χ1) is 14.1. The number of nitrogens with one attached hydrogen (secondary N) is 1. The molecule has 0 radical (unpaired) electrons. The highest BCUT2D eigenvalue weighted by atomic mass is 35.5. The molecule has 3 aromatic rings. The van der Waals surface area contributed by atoms with E-state index in [0.29, 0.717) is 29.5 Å². The number of hydrogen-bond donors (Lipinski definition) is 1.